The number of nitrogens with zero attached hydrogens (tertiary/aromatic N) is 2. The van der Waals surface area contributed by atoms with Crippen LogP contribution in [0.4, 0.5) is 5.69 Å². The summed E-state index contributed by atoms with van der Waals surface area (Å²) in [6, 6.07) is 0. The molecule has 0 bridgehead atoms. The molecule has 0 spiro atoms. The van der Waals surface area contributed by atoms with Gasteiger partial charge >= 0.3 is 0 Å². The first-order valence-corrected chi connectivity index (χ1v) is 11.1. The van der Waals surface area contributed by atoms with Crippen molar-refractivity contribution in [2.24, 2.45) is 0 Å². The Morgan fingerprint density at radius 2 is 1.33 bits per heavy atom. The van der Waals surface area contributed by atoms with Crippen LogP contribution < -0.4 is 5.32 Å². The van der Waals surface area contributed by atoms with Crippen LogP contribution in [0.2, 0.25) is 0 Å². The first-order chi connectivity index (χ1) is 12.7. The highest BCUT2D eigenvalue weighted by molar-refractivity contribution is 14.1. The van der Waals surface area contributed by atoms with Gasteiger partial charge in [-0.05, 0) is 67.8 Å². The fraction of sp³-hybridized carbons (Fsp3) is 0.278. The second kappa shape index (κ2) is 11.3. The third-order valence-electron chi connectivity index (χ3n) is 3.61. The van der Waals surface area contributed by atoms with E-state index >= 15 is 0 Å². The van der Waals surface area contributed by atoms with Crippen LogP contribution in [0.15, 0.2) is 25.3 Å². The van der Waals surface area contributed by atoms with E-state index < -0.39 is 0 Å². The van der Waals surface area contributed by atoms with Crippen LogP contribution in [0.1, 0.15) is 20.7 Å². The Kier molecular flexibility index (Phi) is 10.2. The highest BCUT2D eigenvalue weighted by Gasteiger charge is 2.29. The van der Waals surface area contributed by atoms with Crippen LogP contribution in [0.5, 0.6) is 0 Å². The SMILES string of the molecule is C=CCN(C)C(=O)c1c(I)c(NCC=O)c(I)c(C(=O)N(C)CC=C)c1I. The Hall–Kier alpha value is -0.700. The molecule has 0 radical (unpaired) electrons. The highest BCUT2D eigenvalue weighted by Crippen LogP contribution is 2.36. The number of aldehydes is 1. The summed E-state index contributed by atoms with van der Waals surface area (Å²) in [6.07, 6.45) is 4.01. The van der Waals surface area contributed by atoms with E-state index in [1.165, 1.54) is 9.80 Å². The summed E-state index contributed by atoms with van der Waals surface area (Å²) >= 11 is 6.21. The fourth-order valence-corrected chi connectivity index (χ4v) is 6.74. The Labute approximate surface area is 200 Å². The molecule has 0 atom stereocenters. The molecule has 1 N–H and O–H groups in total. The lowest BCUT2D eigenvalue weighted by molar-refractivity contribution is -0.106. The maximum Gasteiger partial charge on any atom is 0.256 e. The smallest absolute Gasteiger partial charge is 0.256 e. The monoisotopic (exact) mass is 707 g/mol. The van der Waals surface area contributed by atoms with Crippen LogP contribution in [0.25, 0.3) is 0 Å². The molecular formula is C18H20I3N3O3. The highest BCUT2D eigenvalue weighted by atomic mass is 127. The molecule has 9 heteroatoms. The largest absolute Gasteiger partial charge is 0.377 e. The third-order valence-corrected chi connectivity index (χ3v) is 6.84. The second-order valence-corrected chi connectivity index (χ2v) is 8.80. The quantitative estimate of drug-likeness (QED) is 0.242. The van der Waals surface area contributed by atoms with E-state index in [-0.39, 0.29) is 18.4 Å². The summed E-state index contributed by atoms with van der Waals surface area (Å²) in [4.78, 5) is 39.9. The number of amides is 2. The molecule has 0 saturated heterocycles. The standard InChI is InChI=1S/C18H20I3N3O3/c1-5-8-23(3)17(26)11-13(19)12(18(27)24(4)9-6-2)15(21)16(14(11)20)22-7-10-25/h5-6,10,22H,1-2,7-9H2,3-4H3. The van der Waals surface area contributed by atoms with Crippen molar-refractivity contribution in [3.8, 4) is 0 Å². The average molecular weight is 707 g/mol. The van der Waals surface area contributed by atoms with Crippen molar-refractivity contribution < 1.29 is 14.4 Å². The van der Waals surface area contributed by atoms with E-state index in [1.54, 1.807) is 26.2 Å². The van der Waals surface area contributed by atoms with E-state index in [1.807, 2.05) is 22.6 Å². The van der Waals surface area contributed by atoms with Crippen LogP contribution in [0.3, 0.4) is 0 Å². The average Bonchev–Trinajstić information content (AvgIpc) is 2.61. The lowest BCUT2D eigenvalue weighted by atomic mass is 10.1. The summed E-state index contributed by atoms with van der Waals surface area (Å²) in [6.45, 7) is 8.17. The predicted octanol–water partition coefficient (Wildman–Crippen LogP) is 3.63. The molecular weight excluding hydrogens is 687 g/mol. The molecule has 1 aromatic carbocycles. The van der Waals surface area contributed by atoms with Gasteiger partial charge < -0.3 is 19.9 Å². The molecule has 0 saturated carbocycles. The second-order valence-electron chi connectivity index (χ2n) is 5.56. The van der Waals surface area contributed by atoms with Crippen molar-refractivity contribution in [3.05, 3.63) is 47.1 Å². The molecule has 146 valence electrons. The number of carbonyl (C=O) groups excluding carboxylic acids is 3. The zero-order valence-corrected chi connectivity index (χ0v) is 21.5. The molecule has 0 aromatic heterocycles. The summed E-state index contributed by atoms with van der Waals surface area (Å²) < 4.78 is 1.93. The summed E-state index contributed by atoms with van der Waals surface area (Å²) in [5, 5.41) is 3.02. The van der Waals surface area contributed by atoms with Gasteiger partial charge in [0.25, 0.3) is 11.8 Å². The van der Waals surface area contributed by atoms with E-state index in [4.69, 9.17) is 0 Å². The lowest BCUT2D eigenvalue weighted by Gasteiger charge is -2.24. The third kappa shape index (κ3) is 5.65. The normalized spacial score (nSPS) is 10.1. The molecule has 6 nitrogen and oxygen atoms in total. The number of hydrogen-bond donors (Lipinski definition) is 1. The van der Waals surface area contributed by atoms with E-state index in [2.05, 4.69) is 63.7 Å². The minimum atomic E-state index is -0.213. The van der Waals surface area contributed by atoms with E-state index in [0.29, 0.717) is 40.6 Å². The van der Waals surface area contributed by atoms with Gasteiger partial charge in [-0.1, -0.05) is 12.2 Å². The number of carbonyl (C=O) groups is 3. The number of hydrogen-bond acceptors (Lipinski definition) is 4. The van der Waals surface area contributed by atoms with Crippen molar-refractivity contribution in [2.45, 2.75) is 0 Å². The minimum Gasteiger partial charge on any atom is -0.377 e. The Morgan fingerprint density at radius 1 is 0.926 bits per heavy atom. The first-order valence-electron chi connectivity index (χ1n) is 7.83. The topological polar surface area (TPSA) is 69.7 Å². The van der Waals surface area contributed by atoms with Gasteiger partial charge in [0.05, 0.1) is 30.5 Å². The molecule has 0 fully saturated rings. The Balaban J connectivity index is 3.71. The minimum absolute atomic E-state index is 0.0822. The van der Waals surface area contributed by atoms with Crippen LogP contribution in [-0.2, 0) is 4.79 Å². The molecule has 0 unspecified atom stereocenters. The van der Waals surface area contributed by atoms with Gasteiger partial charge in [-0.15, -0.1) is 13.2 Å². The summed E-state index contributed by atoms with van der Waals surface area (Å²) in [5.74, 6) is -0.427. The molecule has 0 heterocycles. The Bertz CT molecular complexity index is 726. The lowest BCUT2D eigenvalue weighted by Crippen LogP contribution is -2.32. The maximum atomic E-state index is 13.0. The van der Waals surface area contributed by atoms with E-state index in [0.717, 1.165) is 6.29 Å². The first kappa shape index (κ1) is 24.3. The summed E-state index contributed by atoms with van der Waals surface area (Å²) in [7, 11) is 3.36. The number of likely N-dealkylation sites (N-methyl/N-ethyl adjacent to an activating group) is 2. The van der Waals surface area contributed by atoms with Gasteiger partial charge in [0, 0.05) is 30.8 Å². The van der Waals surface area contributed by atoms with Gasteiger partial charge in [0.1, 0.15) is 6.29 Å². The van der Waals surface area contributed by atoms with Gasteiger partial charge in [-0.3, -0.25) is 9.59 Å². The van der Waals surface area contributed by atoms with Crippen LogP contribution in [0, 0.1) is 10.7 Å². The number of nitrogens with one attached hydrogen (secondary N) is 1. The maximum absolute atomic E-state index is 13.0. The van der Waals surface area contributed by atoms with Gasteiger partial charge in [0.2, 0.25) is 0 Å². The molecule has 0 aliphatic rings. The number of benzene rings is 1. The predicted molar refractivity (Wildman–Crippen MR) is 133 cm³/mol. The summed E-state index contributed by atoms with van der Waals surface area (Å²) in [5.41, 5.74) is 1.48. The van der Waals surface area contributed by atoms with Gasteiger partial charge in [-0.2, -0.15) is 0 Å². The van der Waals surface area contributed by atoms with Crippen molar-refractivity contribution >= 4 is 91.6 Å². The van der Waals surface area contributed by atoms with Gasteiger partial charge in [-0.25, -0.2) is 0 Å². The van der Waals surface area contributed by atoms with Crippen molar-refractivity contribution in [1.82, 2.24) is 9.80 Å². The van der Waals surface area contributed by atoms with E-state index in [9.17, 15) is 14.4 Å². The number of rotatable bonds is 9. The van der Waals surface area contributed by atoms with Gasteiger partial charge in [0.15, 0.2) is 0 Å². The van der Waals surface area contributed by atoms with Crippen molar-refractivity contribution in [3.63, 3.8) is 0 Å². The fourth-order valence-electron chi connectivity index (χ4n) is 2.27. The van der Waals surface area contributed by atoms with Crippen molar-refractivity contribution in [1.29, 1.82) is 0 Å². The van der Waals surface area contributed by atoms with Crippen LogP contribution >= 0.6 is 67.8 Å². The van der Waals surface area contributed by atoms with Crippen molar-refractivity contribution in [2.75, 3.05) is 39.0 Å². The molecule has 1 aromatic rings. The Morgan fingerprint density at radius 3 is 1.67 bits per heavy atom. The molecule has 2 amide bonds. The molecule has 0 aliphatic carbocycles. The zero-order chi connectivity index (χ0) is 20.7. The van der Waals surface area contributed by atoms with Crippen LogP contribution in [-0.4, -0.2) is 61.6 Å². The number of halogens is 3. The zero-order valence-electron chi connectivity index (χ0n) is 15.0. The molecule has 27 heavy (non-hydrogen) atoms. The molecule has 0 aliphatic heterocycles. The molecule has 1 rings (SSSR count). The number of anilines is 1.